The lowest BCUT2D eigenvalue weighted by atomic mass is 9.80. The maximum Gasteiger partial charge on any atom is 0.247 e. The number of aromatic nitrogens is 4. The summed E-state index contributed by atoms with van der Waals surface area (Å²) in [5.41, 5.74) is 1.82. The molecule has 0 unspecified atom stereocenters. The first-order valence-electron chi connectivity index (χ1n) is 15.4. The van der Waals surface area contributed by atoms with Gasteiger partial charge in [-0.2, -0.15) is 4.31 Å². The number of benzene rings is 2. The van der Waals surface area contributed by atoms with Crippen molar-refractivity contribution in [2.45, 2.75) is 84.3 Å². The maximum atomic E-state index is 13.9. The molecule has 3 heterocycles. The number of fused-ring (bicyclic) bond motifs is 1. The predicted molar refractivity (Wildman–Crippen MR) is 174 cm³/mol. The molecule has 0 spiro atoms. The molecule has 0 saturated carbocycles. The molecular weight excluding hydrogens is 604 g/mol. The number of pyridine rings is 1. The molecular formula is C34H42N6O5S. The number of anilines is 1. The fourth-order valence-electron chi connectivity index (χ4n) is 5.56. The Balaban J connectivity index is 1.49. The third kappa shape index (κ3) is 7.30. The summed E-state index contributed by atoms with van der Waals surface area (Å²) in [5, 5.41) is 11.4. The highest BCUT2D eigenvalue weighted by molar-refractivity contribution is 7.89. The zero-order valence-electron chi connectivity index (χ0n) is 27.2. The van der Waals surface area contributed by atoms with Crippen LogP contribution in [0.4, 0.5) is 5.69 Å². The fourth-order valence-corrected chi connectivity index (χ4v) is 7.25. The molecule has 0 fully saturated rings. The predicted octanol–water partition coefficient (Wildman–Crippen LogP) is 5.68. The van der Waals surface area contributed by atoms with Crippen LogP contribution in [0, 0.1) is 12.3 Å². The molecule has 4 aromatic rings. The van der Waals surface area contributed by atoms with Crippen LogP contribution in [0.5, 0.6) is 5.75 Å². The second-order valence-corrected chi connectivity index (χ2v) is 14.8. The van der Waals surface area contributed by atoms with Crippen molar-refractivity contribution in [1.82, 2.24) is 24.3 Å². The lowest BCUT2D eigenvalue weighted by molar-refractivity contribution is -0.134. The standard InChI is InChI=1S/C34H42N6O5S/c1-7-17-39-21-28(37-38-39)22-44-31(34(5,6)32(41)36-27-11-10-16-35-19-27)25-15-14-24(2)26(18-25)20-40-23-33(3,4)45-29-12-8-9-13-30(29)46(40,42)43/h8-16,18-19,21,31H,7,17,20,22-23H2,1-6H3,(H,36,41)/t31-/m1/s1. The van der Waals surface area contributed by atoms with Gasteiger partial charge in [0.2, 0.25) is 15.9 Å². The first-order chi connectivity index (χ1) is 21.8. The summed E-state index contributed by atoms with van der Waals surface area (Å²) in [5.74, 6) is 0.0825. The first kappa shape index (κ1) is 33.2. The lowest BCUT2D eigenvalue weighted by Gasteiger charge is -2.34. The zero-order chi connectivity index (χ0) is 33.1. The van der Waals surface area contributed by atoms with E-state index in [0.717, 1.165) is 29.7 Å². The number of nitrogens with one attached hydrogen (secondary N) is 1. The average Bonchev–Trinajstić information content (AvgIpc) is 3.43. The van der Waals surface area contributed by atoms with Crippen LogP contribution in [0.1, 0.15) is 69.5 Å². The zero-order valence-corrected chi connectivity index (χ0v) is 28.0. The molecule has 1 aliphatic heterocycles. The molecule has 2 aromatic carbocycles. The number of aryl methyl sites for hydroxylation is 2. The van der Waals surface area contributed by atoms with Crippen molar-refractivity contribution in [1.29, 1.82) is 0 Å². The number of rotatable bonds is 11. The Bertz CT molecular complexity index is 1790. The van der Waals surface area contributed by atoms with Crippen LogP contribution in [-0.4, -0.2) is 50.8 Å². The summed E-state index contributed by atoms with van der Waals surface area (Å²) >= 11 is 0. The minimum atomic E-state index is -3.87. The van der Waals surface area contributed by atoms with E-state index in [4.69, 9.17) is 9.47 Å². The van der Waals surface area contributed by atoms with Crippen LogP contribution in [0.3, 0.4) is 0 Å². The number of hydrogen-bond donors (Lipinski definition) is 1. The van der Waals surface area contributed by atoms with Crippen molar-refractivity contribution >= 4 is 21.6 Å². The Morgan fingerprint density at radius 2 is 1.93 bits per heavy atom. The third-order valence-corrected chi connectivity index (χ3v) is 9.86. The van der Waals surface area contributed by atoms with E-state index in [-0.39, 0.29) is 30.5 Å². The number of sulfonamides is 1. The number of amides is 1. The van der Waals surface area contributed by atoms with Gasteiger partial charge in [0.1, 0.15) is 21.9 Å². The summed E-state index contributed by atoms with van der Waals surface area (Å²) in [6.45, 7) is 12.6. The number of carbonyl (C=O) groups excluding carboxylic acids is 1. The highest BCUT2D eigenvalue weighted by Gasteiger charge is 2.41. The molecule has 12 heteroatoms. The monoisotopic (exact) mass is 646 g/mol. The van der Waals surface area contributed by atoms with Crippen molar-refractivity contribution < 1.29 is 22.7 Å². The highest BCUT2D eigenvalue weighted by atomic mass is 32.2. The van der Waals surface area contributed by atoms with Gasteiger partial charge in [0.05, 0.1) is 42.8 Å². The van der Waals surface area contributed by atoms with E-state index < -0.39 is 27.1 Å². The summed E-state index contributed by atoms with van der Waals surface area (Å²) in [7, 11) is -3.87. The van der Waals surface area contributed by atoms with Gasteiger partial charge in [-0.25, -0.2) is 8.42 Å². The van der Waals surface area contributed by atoms with Gasteiger partial charge in [-0.1, -0.05) is 42.5 Å². The molecule has 1 amide bonds. The molecule has 0 saturated heterocycles. The molecule has 244 valence electrons. The Hall–Kier alpha value is -4.13. The Labute approximate surface area is 271 Å². The SMILES string of the molecule is CCCn1cc(CO[C@H](c2ccc(C)c(CN3CC(C)(C)Oc4ccccc4S3(=O)=O)c2)C(C)(C)C(=O)Nc2cccnc2)nn1. The van der Waals surface area contributed by atoms with E-state index in [9.17, 15) is 13.2 Å². The minimum absolute atomic E-state index is 0.115. The van der Waals surface area contributed by atoms with E-state index in [1.54, 1.807) is 53.5 Å². The smallest absolute Gasteiger partial charge is 0.247 e. The summed E-state index contributed by atoms with van der Waals surface area (Å²) in [4.78, 5) is 18.0. The normalized spacial score (nSPS) is 16.6. The summed E-state index contributed by atoms with van der Waals surface area (Å²) in [6, 6.07) is 16.1. The van der Waals surface area contributed by atoms with Crippen molar-refractivity contribution in [3.05, 3.63) is 95.6 Å². The second kappa shape index (κ2) is 13.3. The van der Waals surface area contributed by atoms with Gasteiger partial charge < -0.3 is 14.8 Å². The van der Waals surface area contributed by atoms with Gasteiger partial charge >= 0.3 is 0 Å². The topological polar surface area (TPSA) is 129 Å². The fraction of sp³-hybridized carbons (Fsp3) is 0.412. The van der Waals surface area contributed by atoms with E-state index >= 15 is 0 Å². The molecule has 0 bridgehead atoms. The van der Waals surface area contributed by atoms with E-state index in [2.05, 4.69) is 27.5 Å². The molecule has 0 aliphatic carbocycles. The van der Waals surface area contributed by atoms with Crippen LogP contribution < -0.4 is 10.1 Å². The number of para-hydroxylation sites is 1. The van der Waals surface area contributed by atoms with E-state index in [1.165, 1.54) is 4.31 Å². The van der Waals surface area contributed by atoms with Crippen LogP contribution in [0.25, 0.3) is 0 Å². The number of carbonyl (C=O) groups is 1. The minimum Gasteiger partial charge on any atom is -0.485 e. The maximum absolute atomic E-state index is 13.9. The number of nitrogens with zero attached hydrogens (tertiary/aromatic N) is 5. The molecule has 2 aromatic heterocycles. The van der Waals surface area contributed by atoms with Crippen molar-refractivity contribution in [2.75, 3.05) is 11.9 Å². The Morgan fingerprint density at radius 3 is 2.67 bits per heavy atom. The highest BCUT2D eigenvalue weighted by Crippen LogP contribution is 2.40. The molecule has 46 heavy (non-hydrogen) atoms. The third-order valence-electron chi connectivity index (χ3n) is 8.03. The lowest BCUT2D eigenvalue weighted by Crippen LogP contribution is -2.42. The molecule has 0 radical (unpaired) electrons. The van der Waals surface area contributed by atoms with Crippen LogP contribution >= 0.6 is 0 Å². The number of hydrogen-bond acceptors (Lipinski definition) is 8. The molecule has 1 N–H and O–H groups in total. The van der Waals surface area contributed by atoms with E-state index in [1.807, 2.05) is 59.0 Å². The second-order valence-electron chi connectivity index (χ2n) is 12.8. The average molecular weight is 647 g/mol. The van der Waals surface area contributed by atoms with Gasteiger partial charge in [-0.3, -0.25) is 14.5 Å². The first-order valence-corrected chi connectivity index (χ1v) is 16.8. The molecule has 1 aliphatic rings. The van der Waals surface area contributed by atoms with Gasteiger partial charge in [0.25, 0.3) is 0 Å². The van der Waals surface area contributed by atoms with E-state index in [0.29, 0.717) is 17.1 Å². The van der Waals surface area contributed by atoms with Crippen LogP contribution in [-0.2, 0) is 39.3 Å². The van der Waals surface area contributed by atoms with Crippen LogP contribution in [0.15, 0.2) is 78.1 Å². The summed E-state index contributed by atoms with van der Waals surface area (Å²) < 4.78 is 43.7. The molecule has 11 nitrogen and oxygen atoms in total. The van der Waals surface area contributed by atoms with Crippen molar-refractivity contribution in [2.24, 2.45) is 5.41 Å². The van der Waals surface area contributed by atoms with Gasteiger partial charge in [0, 0.05) is 19.3 Å². The molecule has 5 rings (SSSR count). The van der Waals surface area contributed by atoms with Crippen molar-refractivity contribution in [3.63, 3.8) is 0 Å². The number of ether oxygens (including phenoxy) is 2. The van der Waals surface area contributed by atoms with Gasteiger partial charge in [-0.05, 0) is 82.0 Å². The quantitative estimate of drug-likeness (QED) is 0.221. The largest absolute Gasteiger partial charge is 0.485 e. The van der Waals surface area contributed by atoms with Crippen molar-refractivity contribution in [3.8, 4) is 5.75 Å². The Kier molecular flexibility index (Phi) is 9.62. The van der Waals surface area contributed by atoms with Gasteiger partial charge in [-0.15, -0.1) is 5.10 Å². The summed E-state index contributed by atoms with van der Waals surface area (Å²) in [6.07, 6.45) is 5.27. The Morgan fingerprint density at radius 1 is 1.15 bits per heavy atom. The van der Waals surface area contributed by atoms with Gasteiger partial charge in [0.15, 0.2) is 0 Å². The molecule has 1 atom stereocenters. The van der Waals surface area contributed by atoms with Crippen LogP contribution in [0.2, 0.25) is 0 Å².